The van der Waals surface area contributed by atoms with E-state index < -0.39 is 0 Å². The van der Waals surface area contributed by atoms with Gasteiger partial charge in [0.05, 0.1) is 22.5 Å². The van der Waals surface area contributed by atoms with Gasteiger partial charge in [-0.05, 0) is 36.4 Å². The van der Waals surface area contributed by atoms with E-state index in [0.29, 0.717) is 33.6 Å². The Labute approximate surface area is 184 Å². The van der Waals surface area contributed by atoms with E-state index in [4.69, 9.17) is 12.8 Å². The molecule has 0 saturated carbocycles. The SMILES string of the molecule is C#Cc1cccc(C=Nc2ccccc2N=Cc2cccc(C#C)c2O)c1O.[Pt]. The summed E-state index contributed by atoms with van der Waals surface area (Å²) in [5, 5.41) is 20.3. The molecule has 3 rings (SSSR count). The summed E-state index contributed by atoms with van der Waals surface area (Å²) in [4.78, 5) is 8.84. The number of rotatable bonds is 4. The van der Waals surface area contributed by atoms with Crippen molar-refractivity contribution in [3.05, 3.63) is 82.9 Å². The topological polar surface area (TPSA) is 65.2 Å². The summed E-state index contributed by atoms with van der Waals surface area (Å²) in [5.41, 5.74) is 3.01. The largest absolute Gasteiger partial charge is 0.506 e. The van der Waals surface area contributed by atoms with Crippen LogP contribution in [0.25, 0.3) is 0 Å². The van der Waals surface area contributed by atoms with Crippen LogP contribution in [-0.4, -0.2) is 22.6 Å². The third-order valence-corrected chi connectivity index (χ3v) is 4.01. The molecular formula is C24H16N2O2Pt. The Kier molecular flexibility index (Phi) is 7.55. The van der Waals surface area contributed by atoms with Crippen LogP contribution in [0, 0.1) is 24.7 Å². The molecule has 0 unspecified atom stereocenters. The molecule has 0 aliphatic heterocycles. The Morgan fingerprint density at radius 3 is 1.45 bits per heavy atom. The summed E-state index contributed by atoms with van der Waals surface area (Å²) in [6.07, 6.45) is 13.8. The number of terminal acetylenes is 2. The molecule has 0 fully saturated rings. The molecule has 0 spiro atoms. The average Bonchev–Trinajstić information content (AvgIpc) is 2.73. The first-order valence-corrected chi connectivity index (χ1v) is 8.38. The third-order valence-electron chi connectivity index (χ3n) is 4.01. The molecule has 0 saturated heterocycles. The molecule has 3 aromatic rings. The van der Waals surface area contributed by atoms with E-state index in [9.17, 15) is 10.2 Å². The van der Waals surface area contributed by atoms with Crippen LogP contribution in [0.4, 0.5) is 11.4 Å². The van der Waals surface area contributed by atoms with Gasteiger partial charge in [0.2, 0.25) is 0 Å². The van der Waals surface area contributed by atoms with Crippen molar-refractivity contribution < 1.29 is 31.3 Å². The van der Waals surface area contributed by atoms with Gasteiger partial charge >= 0.3 is 0 Å². The van der Waals surface area contributed by atoms with E-state index in [1.165, 1.54) is 12.4 Å². The summed E-state index contributed by atoms with van der Waals surface area (Å²) < 4.78 is 0. The van der Waals surface area contributed by atoms with Gasteiger partial charge in [0.25, 0.3) is 0 Å². The van der Waals surface area contributed by atoms with E-state index in [0.717, 1.165) is 0 Å². The first-order chi connectivity index (χ1) is 13.6. The normalized spacial score (nSPS) is 10.4. The zero-order chi connectivity index (χ0) is 19.9. The smallest absolute Gasteiger partial charge is 0.139 e. The van der Waals surface area contributed by atoms with E-state index in [1.807, 2.05) is 12.1 Å². The maximum absolute atomic E-state index is 10.2. The molecule has 0 atom stereocenters. The second-order valence-corrected chi connectivity index (χ2v) is 5.78. The number of phenols is 2. The minimum atomic E-state index is 0. The Morgan fingerprint density at radius 1 is 0.655 bits per heavy atom. The third kappa shape index (κ3) is 5.02. The molecule has 0 aliphatic rings. The monoisotopic (exact) mass is 559 g/mol. The van der Waals surface area contributed by atoms with Gasteiger partial charge in [0.15, 0.2) is 0 Å². The molecule has 0 aliphatic carbocycles. The number of aromatic hydroxyl groups is 2. The first kappa shape index (κ1) is 21.7. The summed E-state index contributed by atoms with van der Waals surface area (Å²) in [7, 11) is 0. The Bertz CT molecular complexity index is 1080. The molecule has 2 N–H and O–H groups in total. The van der Waals surface area contributed by atoms with Crippen LogP contribution in [0.5, 0.6) is 11.5 Å². The number of hydrogen-bond acceptors (Lipinski definition) is 4. The molecule has 144 valence electrons. The predicted molar refractivity (Wildman–Crippen MR) is 113 cm³/mol. The van der Waals surface area contributed by atoms with Crippen LogP contribution in [0.3, 0.4) is 0 Å². The zero-order valence-electron chi connectivity index (χ0n) is 15.2. The van der Waals surface area contributed by atoms with Crippen LogP contribution < -0.4 is 0 Å². The van der Waals surface area contributed by atoms with Gasteiger partial charge in [-0.25, -0.2) is 0 Å². The van der Waals surface area contributed by atoms with E-state index in [2.05, 4.69) is 21.8 Å². The first-order valence-electron chi connectivity index (χ1n) is 8.38. The van der Waals surface area contributed by atoms with Crippen molar-refractivity contribution in [1.29, 1.82) is 0 Å². The minimum Gasteiger partial charge on any atom is -0.506 e. The maximum Gasteiger partial charge on any atom is 0.139 e. The molecule has 0 radical (unpaired) electrons. The quantitative estimate of drug-likeness (QED) is 0.364. The predicted octanol–water partition coefficient (Wildman–Crippen LogP) is 4.56. The van der Waals surface area contributed by atoms with E-state index in [-0.39, 0.29) is 32.6 Å². The van der Waals surface area contributed by atoms with Gasteiger partial charge in [-0.15, -0.1) is 12.8 Å². The van der Waals surface area contributed by atoms with Crippen LogP contribution in [0.15, 0.2) is 70.6 Å². The summed E-state index contributed by atoms with van der Waals surface area (Å²) >= 11 is 0. The van der Waals surface area contributed by atoms with Crippen molar-refractivity contribution in [3.63, 3.8) is 0 Å². The standard InChI is InChI=1S/C24H16N2O2.Pt/c1-3-17-9-7-11-19(23(17)27)15-25-21-13-5-6-14-22(21)26-16-20-12-8-10-18(4-2)24(20)28;/h1-2,5-16,27-28H;. The Morgan fingerprint density at radius 2 is 1.07 bits per heavy atom. The molecule has 4 nitrogen and oxygen atoms in total. The summed E-state index contributed by atoms with van der Waals surface area (Å²) in [6.45, 7) is 0. The second-order valence-electron chi connectivity index (χ2n) is 5.78. The van der Waals surface area contributed by atoms with Crippen molar-refractivity contribution in [2.24, 2.45) is 9.98 Å². The van der Waals surface area contributed by atoms with Crippen LogP contribution >= 0.6 is 0 Å². The Balaban J connectivity index is 0.00000300. The molecular weight excluding hydrogens is 543 g/mol. The molecule has 0 heterocycles. The fraction of sp³-hybridized carbons (Fsp3) is 0. The average molecular weight is 559 g/mol. The number of hydrogen-bond donors (Lipinski definition) is 2. The van der Waals surface area contributed by atoms with E-state index in [1.54, 1.807) is 48.5 Å². The maximum atomic E-state index is 10.2. The number of aliphatic imine (C=N–C) groups is 2. The van der Waals surface area contributed by atoms with Gasteiger partial charge in [0, 0.05) is 44.6 Å². The number of phenolic OH excluding ortho intramolecular Hbond substituents is 2. The van der Waals surface area contributed by atoms with Gasteiger partial charge < -0.3 is 10.2 Å². The van der Waals surface area contributed by atoms with Crippen molar-refractivity contribution in [2.75, 3.05) is 0 Å². The van der Waals surface area contributed by atoms with Crippen LogP contribution in [0.2, 0.25) is 0 Å². The second kappa shape index (κ2) is 10.1. The van der Waals surface area contributed by atoms with E-state index >= 15 is 0 Å². The number of benzene rings is 3. The van der Waals surface area contributed by atoms with Gasteiger partial charge in [-0.1, -0.05) is 36.1 Å². The van der Waals surface area contributed by atoms with Crippen molar-refractivity contribution in [3.8, 4) is 36.2 Å². The molecule has 5 heteroatoms. The molecule has 0 aromatic heterocycles. The van der Waals surface area contributed by atoms with Crippen LogP contribution in [0.1, 0.15) is 22.3 Å². The summed E-state index contributed by atoms with van der Waals surface area (Å²) in [6, 6.07) is 17.5. The van der Waals surface area contributed by atoms with Crippen molar-refractivity contribution >= 4 is 23.8 Å². The zero-order valence-corrected chi connectivity index (χ0v) is 17.5. The molecule has 3 aromatic carbocycles. The van der Waals surface area contributed by atoms with Gasteiger partial charge in [-0.3, -0.25) is 9.98 Å². The number of para-hydroxylation sites is 4. The minimum absolute atomic E-state index is 0. The van der Waals surface area contributed by atoms with Gasteiger partial charge in [0.1, 0.15) is 11.5 Å². The van der Waals surface area contributed by atoms with Crippen LogP contribution in [-0.2, 0) is 21.1 Å². The molecule has 0 bridgehead atoms. The summed E-state index contributed by atoms with van der Waals surface area (Å²) in [5.74, 6) is 4.86. The van der Waals surface area contributed by atoms with Crippen molar-refractivity contribution in [1.82, 2.24) is 0 Å². The molecule has 0 amide bonds. The fourth-order valence-electron chi connectivity index (χ4n) is 2.52. The van der Waals surface area contributed by atoms with Crippen molar-refractivity contribution in [2.45, 2.75) is 0 Å². The molecule has 29 heavy (non-hydrogen) atoms. The Hall–Kier alpha value is -3.59. The fourth-order valence-corrected chi connectivity index (χ4v) is 2.52. The number of nitrogens with zero attached hydrogens (tertiary/aromatic N) is 2. The van der Waals surface area contributed by atoms with Gasteiger partial charge in [-0.2, -0.15) is 0 Å².